The largest absolute Gasteiger partial charge is 0.478 e. The molecule has 0 spiro atoms. The van der Waals surface area contributed by atoms with E-state index in [9.17, 15) is 9.59 Å². The molecule has 6 nitrogen and oxygen atoms in total. The standard InChI is InChI=1S/C12H17N3O3/c1-12(2,13-3)11(18)15-7-9-6-8(10(16)17)4-5-14-9/h4-6,13H,7H2,1-3H3,(H,15,18)(H,16,17). The van der Waals surface area contributed by atoms with Gasteiger partial charge in [0.25, 0.3) is 0 Å². The SMILES string of the molecule is CNC(C)(C)C(=O)NCc1cc(C(=O)O)ccn1. The van der Waals surface area contributed by atoms with E-state index in [0.29, 0.717) is 5.69 Å². The number of aromatic carboxylic acids is 1. The summed E-state index contributed by atoms with van der Waals surface area (Å²) in [4.78, 5) is 26.5. The maximum Gasteiger partial charge on any atom is 0.335 e. The molecular formula is C12H17N3O3. The lowest BCUT2D eigenvalue weighted by Gasteiger charge is -2.22. The number of likely N-dealkylation sites (N-methyl/N-ethyl adjacent to an activating group) is 1. The topological polar surface area (TPSA) is 91.3 Å². The minimum absolute atomic E-state index is 0.155. The van der Waals surface area contributed by atoms with Gasteiger partial charge in [0, 0.05) is 6.20 Å². The number of amides is 1. The van der Waals surface area contributed by atoms with E-state index in [1.807, 2.05) is 0 Å². The zero-order valence-electron chi connectivity index (χ0n) is 10.7. The molecule has 1 aromatic heterocycles. The van der Waals surface area contributed by atoms with Crippen molar-refractivity contribution in [3.63, 3.8) is 0 Å². The average Bonchev–Trinajstić information content (AvgIpc) is 2.36. The van der Waals surface area contributed by atoms with Crippen LogP contribution in [-0.2, 0) is 11.3 Å². The number of hydrogen-bond acceptors (Lipinski definition) is 4. The zero-order valence-corrected chi connectivity index (χ0v) is 10.7. The van der Waals surface area contributed by atoms with Crippen LogP contribution < -0.4 is 10.6 Å². The molecule has 0 atom stereocenters. The fourth-order valence-corrected chi connectivity index (χ4v) is 1.21. The molecule has 1 rings (SSSR count). The van der Waals surface area contributed by atoms with Crippen molar-refractivity contribution in [2.24, 2.45) is 0 Å². The van der Waals surface area contributed by atoms with Gasteiger partial charge in [0.05, 0.1) is 23.3 Å². The molecule has 6 heteroatoms. The zero-order chi connectivity index (χ0) is 13.8. The van der Waals surface area contributed by atoms with Crippen molar-refractivity contribution in [3.8, 4) is 0 Å². The van der Waals surface area contributed by atoms with Gasteiger partial charge < -0.3 is 15.7 Å². The lowest BCUT2D eigenvalue weighted by Crippen LogP contribution is -2.50. The molecule has 0 radical (unpaired) electrons. The van der Waals surface area contributed by atoms with Crippen LogP contribution in [0.3, 0.4) is 0 Å². The summed E-state index contributed by atoms with van der Waals surface area (Å²) in [7, 11) is 1.70. The first-order chi connectivity index (χ1) is 8.36. The number of nitrogens with one attached hydrogen (secondary N) is 2. The third-order valence-electron chi connectivity index (χ3n) is 2.69. The van der Waals surface area contributed by atoms with E-state index in [4.69, 9.17) is 5.11 Å². The van der Waals surface area contributed by atoms with Crippen molar-refractivity contribution in [1.29, 1.82) is 0 Å². The molecule has 3 N–H and O–H groups in total. The molecule has 0 fully saturated rings. The number of hydrogen-bond donors (Lipinski definition) is 3. The molecule has 1 amide bonds. The number of carbonyl (C=O) groups excluding carboxylic acids is 1. The highest BCUT2D eigenvalue weighted by Gasteiger charge is 2.24. The van der Waals surface area contributed by atoms with Gasteiger partial charge in [0.2, 0.25) is 5.91 Å². The maximum atomic E-state index is 11.8. The highest BCUT2D eigenvalue weighted by molar-refractivity contribution is 5.87. The maximum absolute atomic E-state index is 11.8. The monoisotopic (exact) mass is 251 g/mol. The number of carbonyl (C=O) groups is 2. The third-order valence-corrected chi connectivity index (χ3v) is 2.69. The Bertz CT molecular complexity index is 458. The van der Waals surface area contributed by atoms with Crippen LogP contribution in [0.15, 0.2) is 18.3 Å². The Kier molecular flexibility index (Phi) is 4.38. The van der Waals surface area contributed by atoms with E-state index in [0.717, 1.165) is 0 Å². The van der Waals surface area contributed by atoms with Gasteiger partial charge >= 0.3 is 5.97 Å². The Morgan fingerprint density at radius 2 is 2.11 bits per heavy atom. The van der Waals surface area contributed by atoms with Gasteiger partial charge in [-0.1, -0.05) is 0 Å². The Morgan fingerprint density at radius 3 is 2.67 bits per heavy atom. The molecule has 0 aliphatic heterocycles. The summed E-state index contributed by atoms with van der Waals surface area (Å²) in [5.74, 6) is -1.19. The van der Waals surface area contributed by atoms with Crippen LogP contribution in [-0.4, -0.2) is 34.6 Å². The summed E-state index contributed by atoms with van der Waals surface area (Å²) < 4.78 is 0. The summed E-state index contributed by atoms with van der Waals surface area (Å²) in [5.41, 5.74) is -0.0120. The predicted octanol–water partition coefficient (Wildman–Crippen LogP) is 0.394. The van der Waals surface area contributed by atoms with Gasteiger partial charge in [0.1, 0.15) is 0 Å². The normalized spacial score (nSPS) is 11.1. The first-order valence-corrected chi connectivity index (χ1v) is 5.52. The number of nitrogens with zero attached hydrogens (tertiary/aromatic N) is 1. The van der Waals surface area contributed by atoms with Crippen molar-refractivity contribution >= 4 is 11.9 Å². The summed E-state index contributed by atoms with van der Waals surface area (Å²) in [5, 5.41) is 14.4. The summed E-state index contributed by atoms with van der Waals surface area (Å²) >= 11 is 0. The van der Waals surface area contributed by atoms with E-state index in [2.05, 4.69) is 15.6 Å². The van der Waals surface area contributed by atoms with Crippen molar-refractivity contribution in [2.75, 3.05) is 7.05 Å². The van der Waals surface area contributed by atoms with E-state index < -0.39 is 11.5 Å². The molecule has 0 unspecified atom stereocenters. The Balaban J connectivity index is 2.67. The van der Waals surface area contributed by atoms with Gasteiger partial charge in [-0.05, 0) is 33.0 Å². The van der Waals surface area contributed by atoms with Crippen LogP contribution >= 0.6 is 0 Å². The molecule has 0 aromatic carbocycles. The molecule has 0 aliphatic rings. The van der Waals surface area contributed by atoms with Crippen LogP contribution in [0.5, 0.6) is 0 Å². The first kappa shape index (κ1) is 14.1. The second-order valence-corrected chi connectivity index (χ2v) is 4.40. The lowest BCUT2D eigenvalue weighted by molar-refractivity contribution is -0.126. The molecule has 0 bridgehead atoms. The summed E-state index contributed by atoms with van der Waals surface area (Å²) in [6.45, 7) is 3.71. The fraction of sp³-hybridized carbons (Fsp3) is 0.417. The smallest absolute Gasteiger partial charge is 0.335 e. The van der Waals surface area contributed by atoms with E-state index in [1.165, 1.54) is 18.3 Å². The van der Waals surface area contributed by atoms with Gasteiger partial charge in [-0.25, -0.2) is 4.79 Å². The summed E-state index contributed by atoms with van der Waals surface area (Å²) in [6, 6.07) is 2.85. The number of aromatic nitrogens is 1. The van der Waals surface area contributed by atoms with E-state index in [1.54, 1.807) is 20.9 Å². The van der Waals surface area contributed by atoms with Crippen LogP contribution in [0, 0.1) is 0 Å². The number of carboxylic acids is 1. The highest BCUT2D eigenvalue weighted by atomic mass is 16.4. The predicted molar refractivity (Wildman–Crippen MR) is 66.2 cm³/mol. The summed E-state index contributed by atoms with van der Waals surface area (Å²) in [6.07, 6.45) is 1.41. The van der Waals surface area contributed by atoms with Crippen molar-refractivity contribution < 1.29 is 14.7 Å². The minimum atomic E-state index is -1.01. The minimum Gasteiger partial charge on any atom is -0.478 e. The van der Waals surface area contributed by atoms with Crippen molar-refractivity contribution in [2.45, 2.75) is 25.9 Å². The Morgan fingerprint density at radius 1 is 1.44 bits per heavy atom. The van der Waals surface area contributed by atoms with Crippen LogP contribution in [0.4, 0.5) is 0 Å². The van der Waals surface area contributed by atoms with Crippen molar-refractivity contribution in [1.82, 2.24) is 15.6 Å². The Hall–Kier alpha value is -1.95. The van der Waals surface area contributed by atoms with Gasteiger partial charge in [-0.3, -0.25) is 9.78 Å². The van der Waals surface area contributed by atoms with E-state index >= 15 is 0 Å². The first-order valence-electron chi connectivity index (χ1n) is 5.52. The van der Waals surface area contributed by atoms with Gasteiger partial charge in [0.15, 0.2) is 0 Å². The second kappa shape index (κ2) is 5.59. The number of rotatable bonds is 5. The van der Waals surface area contributed by atoms with Crippen LogP contribution in [0.25, 0.3) is 0 Å². The Labute approximate surface area is 105 Å². The number of carboxylic acid groups (broad SMARTS) is 1. The molecule has 1 heterocycles. The van der Waals surface area contributed by atoms with E-state index in [-0.39, 0.29) is 18.0 Å². The molecule has 98 valence electrons. The second-order valence-electron chi connectivity index (χ2n) is 4.40. The quantitative estimate of drug-likeness (QED) is 0.704. The molecule has 0 aliphatic carbocycles. The highest BCUT2D eigenvalue weighted by Crippen LogP contribution is 2.04. The average molecular weight is 251 g/mol. The van der Waals surface area contributed by atoms with Crippen LogP contribution in [0.2, 0.25) is 0 Å². The molecule has 1 aromatic rings. The molecule has 0 saturated heterocycles. The molecule has 18 heavy (non-hydrogen) atoms. The van der Waals surface area contributed by atoms with Gasteiger partial charge in [-0.2, -0.15) is 0 Å². The molecule has 0 saturated carbocycles. The van der Waals surface area contributed by atoms with Crippen LogP contribution in [0.1, 0.15) is 29.9 Å². The third kappa shape index (κ3) is 3.53. The van der Waals surface area contributed by atoms with Crippen molar-refractivity contribution in [3.05, 3.63) is 29.6 Å². The fourth-order valence-electron chi connectivity index (χ4n) is 1.21. The molecular weight excluding hydrogens is 234 g/mol. The van der Waals surface area contributed by atoms with Gasteiger partial charge in [-0.15, -0.1) is 0 Å². The lowest BCUT2D eigenvalue weighted by atomic mass is 10.1. The number of pyridine rings is 1.